The summed E-state index contributed by atoms with van der Waals surface area (Å²) in [5, 5.41) is 8.74. The van der Waals surface area contributed by atoms with Crippen molar-refractivity contribution in [3.63, 3.8) is 0 Å². The Hall–Kier alpha value is -2.12. The number of nitriles is 1. The number of alkyl halides is 1. The number of aryl methyl sites for hydroxylation is 1. The minimum atomic E-state index is -0.895. The van der Waals surface area contributed by atoms with E-state index in [1.807, 2.05) is 12.1 Å². The normalized spacial score (nSPS) is 21.5. The molecular weight excluding hydrogens is 303 g/mol. The first kappa shape index (κ1) is 16.7. The Morgan fingerprint density at radius 2 is 2.04 bits per heavy atom. The topological polar surface area (TPSA) is 40.2 Å². The monoisotopic (exact) mass is 326 g/mol. The van der Waals surface area contributed by atoms with Gasteiger partial charge in [-0.3, -0.25) is 4.90 Å². The maximum absolute atomic E-state index is 14.1. The van der Waals surface area contributed by atoms with Gasteiger partial charge in [0.25, 0.3) is 0 Å². The number of nitrogens with zero attached hydrogens (tertiary/aromatic N) is 2. The van der Waals surface area contributed by atoms with Crippen molar-refractivity contribution in [3.8, 4) is 17.4 Å². The fourth-order valence-corrected chi connectivity index (χ4v) is 3.26. The molecule has 2 heterocycles. The summed E-state index contributed by atoms with van der Waals surface area (Å²) in [7, 11) is 0. The molecule has 4 heteroatoms. The second-order valence-electron chi connectivity index (χ2n) is 6.48. The van der Waals surface area contributed by atoms with E-state index in [4.69, 9.17) is 9.68 Å². The fraction of sp³-hybridized carbons (Fsp3) is 0.450. The van der Waals surface area contributed by atoms with Crippen molar-refractivity contribution in [3.05, 3.63) is 47.7 Å². The number of furan rings is 1. The minimum absolute atomic E-state index is 0.0969. The maximum atomic E-state index is 14.1. The number of rotatable bonds is 5. The first-order valence-corrected chi connectivity index (χ1v) is 8.61. The highest BCUT2D eigenvalue weighted by Gasteiger charge is 2.28. The van der Waals surface area contributed by atoms with Gasteiger partial charge in [-0.2, -0.15) is 5.26 Å². The number of hydrogen-bond donors (Lipinski definition) is 0. The second-order valence-corrected chi connectivity index (χ2v) is 6.48. The van der Waals surface area contributed by atoms with E-state index >= 15 is 0 Å². The molecule has 2 unspecified atom stereocenters. The van der Waals surface area contributed by atoms with Gasteiger partial charge in [-0.1, -0.05) is 31.2 Å². The summed E-state index contributed by atoms with van der Waals surface area (Å²) in [5.74, 6) is 1.78. The van der Waals surface area contributed by atoms with Crippen LogP contribution in [0.25, 0.3) is 11.3 Å². The molecule has 1 aliphatic heterocycles. The summed E-state index contributed by atoms with van der Waals surface area (Å²) < 4.78 is 19.9. The molecule has 24 heavy (non-hydrogen) atoms. The lowest BCUT2D eigenvalue weighted by atomic mass is 9.92. The third-order valence-electron chi connectivity index (χ3n) is 4.77. The van der Waals surface area contributed by atoms with Crippen LogP contribution in [0.2, 0.25) is 0 Å². The molecule has 2 aromatic rings. The largest absolute Gasteiger partial charge is 0.461 e. The molecule has 0 amide bonds. The van der Waals surface area contributed by atoms with E-state index < -0.39 is 6.17 Å². The molecule has 0 bridgehead atoms. The van der Waals surface area contributed by atoms with Crippen molar-refractivity contribution in [2.45, 2.75) is 38.9 Å². The van der Waals surface area contributed by atoms with E-state index in [0.29, 0.717) is 13.0 Å². The Morgan fingerprint density at radius 3 is 2.67 bits per heavy atom. The molecule has 3 nitrogen and oxygen atoms in total. The van der Waals surface area contributed by atoms with Crippen molar-refractivity contribution >= 4 is 0 Å². The number of halogens is 1. The van der Waals surface area contributed by atoms with Crippen LogP contribution in [0, 0.1) is 17.2 Å². The summed E-state index contributed by atoms with van der Waals surface area (Å²) in [6.07, 6.45) is 1.09. The van der Waals surface area contributed by atoms with Crippen LogP contribution in [0.3, 0.4) is 0 Å². The first-order valence-electron chi connectivity index (χ1n) is 8.61. The number of benzene rings is 1. The number of likely N-dealkylation sites (tertiary alicyclic amines) is 1. The summed E-state index contributed by atoms with van der Waals surface area (Å²) in [6, 6.07) is 14.4. The fourth-order valence-electron chi connectivity index (χ4n) is 3.26. The predicted molar refractivity (Wildman–Crippen MR) is 92.0 cm³/mol. The highest BCUT2D eigenvalue weighted by atomic mass is 19.1. The van der Waals surface area contributed by atoms with E-state index in [9.17, 15) is 4.39 Å². The standard InChI is InChI=1S/C20H23FN2O/c1-2-18-7-8-20(24-18)17-5-3-15(4-6-17)13-23-12-10-16(9-11-22)19(21)14-23/h3-8,16,19H,2,9-10,12-14H2,1H3. The number of hydrogen-bond acceptors (Lipinski definition) is 3. The van der Waals surface area contributed by atoms with Crippen LogP contribution in [0.5, 0.6) is 0 Å². The lowest BCUT2D eigenvalue weighted by Gasteiger charge is -2.33. The van der Waals surface area contributed by atoms with Crippen molar-refractivity contribution in [2.24, 2.45) is 5.92 Å². The van der Waals surface area contributed by atoms with Crippen molar-refractivity contribution in [2.75, 3.05) is 13.1 Å². The van der Waals surface area contributed by atoms with E-state index in [-0.39, 0.29) is 5.92 Å². The Labute approximate surface area is 142 Å². The highest BCUT2D eigenvalue weighted by Crippen LogP contribution is 2.26. The minimum Gasteiger partial charge on any atom is -0.461 e. The smallest absolute Gasteiger partial charge is 0.134 e. The molecule has 0 radical (unpaired) electrons. The summed E-state index contributed by atoms with van der Waals surface area (Å²) in [5.41, 5.74) is 2.24. The van der Waals surface area contributed by atoms with E-state index in [0.717, 1.165) is 43.0 Å². The van der Waals surface area contributed by atoms with Crippen LogP contribution in [0.15, 0.2) is 40.8 Å². The van der Waals surface area contributed by atoms with Gasteiger partial charge in [0, 0.05) is 37.4 Å². The molecule has 0 N–H and O–H groups in total. The highest BCUT2D eigenvalue weighted by molar-refractivity contribution is 5.57. The third kappa shape index (κ3) is 3.85. The van der Waals surface area contributed by atoms with Gasteiger partial charge in [0.15, 0.2) is 0 Å². The lowest BCUT2D eigenvalue weighted by molar-refractivity contribution is 0.0821. The van der Waals surface area contributed by atoms with Gasteiger partial charge in [0.05, 0.1) is 6.07 Å². The molecule has 0 saturated carbocycles. The lowest BCUT2D eigenvalue weighted by Crippen LogP contribution is -2.41. The van der Waals surface area contributed by atoms with Gasteiger partial charge in [0.2, 0.25) is 0 Å². The van der Waals surface area contributed by atoms with Gasteiger partial charge in [-0.25, -0.2) is 4.39 Å². The van der Waals surface area contributed by atoms with Crippen LogP contribution in [0.1, 0.15) is 31.1 Å². The molecule has 3 rings (SSSR count). The van der Waals surface area contributed by atoms with E-state index in [1.165, 1.54) is 5.56 Å². The molecule has 1 aliphatic rings. The zero-order valence-corrected chi connectivity index (χ0v) is 14.0. The van der Waals surface area contributed by atoms with Crippen LogP contribution >= 0.6 is 0 Å². The Bertz CT molecular complexity index is 701. The Kier molecular flexibility index (Phi) is 5.32. The van der Waals surface area contributed by atoms with Crippen LogP contribution in [-0.2, 0) is 13.0 Å². The molecule has 1 saturated heterocycles. The van der Waals surface area contributed by atoms with E-state index in [1.54, 1.807) is 0 Å². The molecule has 2 atom stereocenters. The van der Waals surface area contributed by atoms with Crippen LogP contribution < -0.4 is 0 Å². The Balaban J connectivity index is 1.60. The first-order chi connectivity index (χ1) is 11.7. The molecule has 1 fully saturated rings. The zero-order valence-electron chi connectivity index (χ0n) is 14.0. The molecular formula is C20H23FN2O. The summed E-state index contributed by atoms with van der Waals surface area (Å²) >= 11 is 0. The molecule has 0 spiro atoms. The van der Waals surface area contributed by atoms with Gasteiger partial charge >= 0.3 is 0 Å². The van der Waals surface area contributed by atoms with Gasteiger partial charge in [-0.15, -0.1) is 0 Å². The Morgan fingerprint density at radius 1 is 1.25 bits per heavy atom. The maximum Gasteiger partial charge on any atom is 0.134 e. The second kappa shape index (κ2) is 7.63. The third-order valence-corrected chi connectivity index (χ3v) is 4.77. The SMILES string of the molecule is CCc1ccc(-c2ccc(CN3CCC(CC#N)C(F)C3)cc2)o1. The average Bonchev–Trinajstić information content (AvgIpc) is 3.07. The quantitative estimate of drug-likeness (QED) is 0.807. The molecule has 126 valence electrons. The van der Waals surface area contributed by atoms with Crippen molar-refractivity contribution in [1.29, 1.82) is 5.26 Å². The molecule has 0 aliphatic carbocycles. The zero-order chi connectivity index (χ0) is 16.9. The van der Waals surface area contributed by atoms with Crippen molar-refractivity contribution in [1.82, 2.24) is 4.90 Å². The van der Waals surface area contributed by atoms with Crippen molar-refractivity contribution < 1.29 is 8.81 Å². The summed E-state index contributed by atoms with van der Waals surface area (Å²) in [4.78, 5) is 2.13. The molecule has 1 aromatic heterocycles. The van der Waals surface area contributed by atoms with Crippen LogP contribution in [0.4, 0.5) is 4.39 Å². The van der Waals surface area contributed by atoms with Crippen LogP contribution in [-0.4, -0.2) is 24.2 Å². The summed E-state index contributed by atoms with van der Waals surface area (Å²) in [6.45, 7) is 4.10. The van der Waals surface area contributed by atoms with Gasteiger partial charge in [0.1, 0.15) is 17.7 Å². The van der Waals surface area contributed by atoms with E-state index in [2.05, 4.69) is 42.2 Å². The predicted octanol–water partition coefficient (Wildman–Crippen LogP) is 4.58. The molecule has 1 aromatic carbocycles. The van der Waals surface area contributed by atoms with Gasteiger partial charge in [-0.05, 0) is 30.7 Å². The average molecular weight is 326 g/mol. The number of piperidine rings is 1. The van der Waals surface area contributed by atoms with Gasteiger partial charge < -0.3 is 4.42 Å².